The first kappa shape index (κ1) is 41.9. The van der Waals surface area contributed by atoms with Crippen LogP contribution in [-0.4, -0.2) is 98.2 Å². The van der Waals surface area contributed by atoms with E-state index >= 15 is 0 Å². The minimum Gasteiger partial charge on any atom is -0.493 e. The maximum Gasteiger partial charge on any atom is 0.449 e. The van der Waals surface area contributed by atoms with E-state index in [9.17, 15) is 34.8 Å². The lowest BCUT2D eigenvalue weighted by atomic mass is 10.2. The van der Waals surface area contributed by atoms with Crippen LogP contribution in [0.2, 0.25) is 0 Å². The highest BCUT2D eigenvalue weighted by Gasteiger charge is 2.84. The standard InChI is InChI=1S/C32H26N6O19S3/c1-47-26-13-20(15-35-37-28(39)22-5-3-11-33-17-22)7-9-24(26)49-19-30(52-58(41,42)53-30)51-32(56-60(45,46)57-32)31(54-59(43,44)55-31)50-25-10-8-21(14-27(25)48-2)16-36-38-29(40)23-6-4-12-34-18-23/h3-18H,19H2,1-2H3,(H,37,39)(H,38,40)/b35-15+,36-16+. The summed E-state index contributed by atoms with van der Waals surface area (Å²) < 4.78 is 130. The monoisotopic (exact) mass is 894 g/mol. The molecule has 5 heterocycles. The van der Waals surface area contributed by atoms with Gasteiger partial charge in [0, 0.05) is 24.8 Å². The summed E-state index contributed by atoms with van der Waals surface area (Å²) >= 11 is 0. The fourth-order valence-electron chi connectivity index (χ4n) is 5.08. The molecule has 60 heavy (non-hydrogen) atoms. The molecule has 2 aromatic heterocycles. The molecule has 0 unspecified atom stereocenters. The highest BCUT2D eigenvalue weighted by Crippen LogP contribution is 2.55. The van der Waals surface area contributed by atoms with Crippen molar-refractivity contribution in [3.8, 4) is 23.0 Å². The molecule has 28 heteroatoms. The molecule has 2 amide bonds. The molecule has 2 N–H and O–H groups in total. The molecule has 0 radical (unpaired) electrons. The molecule has 4 aromatic rings. The average Bonchev–Trinajstić information content (AvgIpc) is 3.18. The number of pyridine rings is 2. The van der Waals surface area contributed by atoms with Gasteiger partial charge in [0.25, 0.3) is 11.8 Å². The maximum atomic E-state index is 12.3. The highest BCUT2D eigenvalue weighted by atomic mass is 32.3. The summed E-state index contributed by atoms with van der Waals surface area (Å²) in [7, 11) is -12.5. The van der Waals surface area contributed by atoms with E-state index in [1.165, 1.54) is 86.8 Å². The van der Waals surface area contributed by atoms with E-state index in [-0.39, 0.29) is 33.9 Å². The third-order valence-electron chi connectivity index (χ3n) is 7.60. The molecule has 0 saturated carbocycles. The summed E-state index contributed by atoms with van der Waals surface area (Å²) in [4.78, 5) is 32.2. The summed E-state index contributed by atoms with van der Waals surface area (Å²) in [5, 5.41) is 7.72. The second kappa shape index (κ2) is 16.1. The molecule has 316 valence electrons. The zero-order valence-corrected chi connectivity index (χ0v) is 32.7. The SMILES string of the molecule is COc1cc(/C=N/NC(=O)c2cccnc2)ccc1OCC1(OC2(C3(Oc4ccc(/C=N/NC(=O)c5cccnc5)cc4OC)OS(=O)(=O)O3)OS(=O)(=O)O2)OS(=O)(=O)O1. The van der Waals surface area contributed by atoms with Crippen molar-refractivity contribution in [2.24, 2.45) is 10.2 Å². The molecule has 3 aliphatic rings. The number of hydrogen-bond donors (Lipinski definition) is 2. The molecule has 2 aromatic carbocycles. The van der Waals surface area contributed by atoms with Gasteiger partial charge in [-0.15, -0.1) is 0 Å². The summed E-state index contributed by atoms with van der Waals surface area (Å²) in [5.74, 6) is -11.8. The Balaban J connectivity index is 1.10. The summed E-state index contributed by atoms with van der Waals surface area (Å²) in [5.41, 5.74) is 5.74. The average molecular weight is 895 g/mol. The van der Waals surface area contributed by atoms with Gasteiger partial charge in [0.1, 0.15) is 0 Å². The van der Waals surface area contributed by atoms with Gasteiger partial charge in [-0.05, 0) is 71.8 Å². The van der Waals surface area contributed by atoms with Crippen molar-refractivity contribution < 1.29 is 83.6 Å². The van der Waals surface area contributed by atoms with Crippen LogP contribution in [0.5, 0.6) is 23.0 Å². The topological polar surface area (TPSA) is 313 Å². The molecule has 0 aliphatic carbocycles. The fourth-order valence-corrected chi connectivity index (χ4v) is 7.52. The number of nitrogens with zero attached hydrogens (tertiary/aromatic N) is 4. The number of benzene rings is 2. The van der Waals surface area contributed by atoms with Gasteiger partial charge >= 0.3 is 49.1 Å². The van der Waals surface area contributed by atoms with Gasteiger partial charge in [0.2, 0.25) is 0 Å². The first-order chi connectivity index (χ1) is 28.5. The third-order valence-corrected chi connectivity index (χ3v) is 10.2. The number of aromatic nitrogens is 2. The van der Waals surface area contributed by atoms with Gasteiger partial charge in [-0.3, -0.25) is 24.3 Å². The second-order valence-electron chi connectivity index (χ2n) is 11.7. The molecule has 3 fully saturated rings. The minimum atomic E-state index is -5.04. The molecule has 0 spiro atoms. The van der Waals surface area contributed by atoms with Gasteiger partial charge in [0.15, 0.2) is 29.6 Å². The molecular formula is C32H26N6O19S3. The van der Waals surface area contributed by atoms with E-state index in [1.54, 1.807) is 12.1 Å². The largest absolute Gasteiger partial charge is 0.493 e. The van der Waals surface area contributed by atoms with Crippen LogP contribution in [0.4, 0.5) is 0 Å². The Bertz CT molecular complexity index is 2670. The quantitative estimate of drug-likeness (QED) is 0.113. The van der Waals surface area contributed by atoms with Gasteiger partial charge < -0.3 is 18.9 Å². The van der Waals surface area contributed by atoms with Crippen LogP contribution in [0.1, 0.15) is 31.8 Å². The smallest absolute Gasteiger partial charge is 0.449 e. The fraction of sp³-hybridized carbons (Fsp3) is 0.188. The lowest BCUT2D eigenvalue weighted by Crippen LogP contribution is -2.79. The number of hydrogen-bond acceptors (Lipinski definition) is 23. The summed E-state index contributed by atoms with van der Waals surface area (Å²) in [6.45, 7) is -1.11. The number of ether oxygens (including phenoxy) is 5. The Kier molecular flexibility index (Phi) is 11.2. The van der Waals surface area contributed by atoms with Crippen molar-refractivity contribution in [2.75, 3.05) is 20.8 Å². The van der Waals surface area contributed by atoms with Gasteiger partial charge in [-0.25, -0.2) is 10.9 Å². The van der Waals surface area contributed by atoms with Gasteiger partial charge in [-0.2, -0.15) is 60.6 Å². The van der Waals surface area contributed by atoms with E-state index in [4.69, 9.17) is 48.8 Å². The van der Waals surface area contributed by atoms with Crippen LogP contribution >= 0.6 is 0 Å². The number of nitrogens with one attached hydrogen (secondary N) is 2. The van der Waals surface area contributed by atoms with Crippen molar-refractivity contribution in [1.29, 1.82) is 0 Å². The zero-order valence-electron chi connectivity index (χ0n) is 30.2. The highest BCUT2D eigenvalue weighted by molar-refractivity contribution is 7.83. The van der Waals surface area contributed by atoms with E-state index in [0.717, 1.165) is 13.2 Å². The van der Waals surface area contributed by atoms with Crippen LogP contribution in [0, 0.1) is 0 Å². The van der Waals surface area contributed by atoms with Crippen LogP contribution in [0.25, 0.3) is 0 Å². The molecule has 0 bridgehead atoms. The van der Waals surface area contributed by atoms with Crippen LogP contribution in [0.3, 0.4) is 0 Å². The Morgan fingerprint density at radius 3 is 1.57 bits per heavy atom. The predicted molar refractivity (Wildman–Crippen MR) is 193 cm³/mol. The normalized spacial score (nSPS) is 19.8. The number of hydrazone groups is 2. The van der Waals surface area contributed by atoms with E-state index in [2.05, 4.69) is 31.0 Å². The lowest BCUT2D eigenvalue weighted by molar-refractivity contribution is -0.572. The second-order valence-corrected chi connectivity index (χ2v) is 15.2. The van der Waals surface area contributed by atoms with Crippen LogP contribution in [-0.2, 0) is 61.0 Å². The van der Waals surface area contributed by atoms with Crippen LogP contribution in [0.15, 0.2) is 95.7 Å². The van der Waals surface area contributed by atoms with Crippen molar-refractivity contribution >= 4 is 55.4 Å². The molecule has 0 atom stereocenters. The Morgan fingerprint density at radius 2 is 1.12 bits per heavy atom. The van der Waals surface area contributed by atoms with E-state index in [1.807, 2.05) is 0 Å². The molecule has 25 nitrogen and oxygen atoms in total. The summed E-state index contributed by atoms with van der Waals surface area (Å²) in [6.07, 6.45) is 8.09. The van der Waals surface area contributed by atoms with E-state index in [0.29, 0.717) is 5.56 Å². The van der Waals surface area contributed by atoms with Gasteiger partial charge in [-0.1, -0.05) is 0 Å². The van der Waals surface area contributed by atoms with Crippen molar-refractivity contribution in [3.05, 3.63) is 108 Å². The Morgan fingerprint density at radius 1 is 0.650 bits per heavy atom. The molecule has 3 saturated heterocycles. The summed E-state index contributed by atoms with van der Waals surface area (Å²) in [6, 6.07) is 14.0. The Hall–Kier alpha value is -6.21. The number of rotatable bonds is 16. The number of carbonyl (C=O) groups is 2. The van der Waals surface area contributed by atoms with Crippen LogP contribution < -0.4 is 29.8 Å². The minimum absolute atomic E-state index is 0.00341. The number of methoxy groups -OCH3 is 2. The number of amides is 2. The number of carbonyl (C=O) groups excluding carboxylic acids is 2. The first-order valence-electron chi connectivity index (χ1n) is 16.3. The first-order valence-corrected chi connectivity index (χ1v) is 20.3. The Labute approximate surface area is 338 Å². The van der Waals surface area contributed by atoms with Crippen molar-refractivity contribution in [1.82, 2.24) is 20.8 Å². The molecular weight excluding hydrogens is 869 g/mol. The zero-order chi connectivity index (χ0) is 42.8. The van der Waals surface area contributed by atoms with E-state index < -0.39 is 73.3 Å². The predicted octanol–water partition coefficient (Wildman–Crippen LogP) is 0.332. The van der Waals surface area contributed by atoms with Gasteiger partial charge in [0.05, 0.1) is 37.8 Å². The lowest BCUT2D eigenvalue weighted by Gasteiger charge is -2.53. The maximum absolute atomic E-state index is 12.3. The molecule has 7 rings (SSSR count). The van der Waals surface area contributed by atoms with Crippen molar-refractivity contribution in [2.45, 2.75) is 17.9 Å². The third kappa shape index (κ3) is 9.01. The van der Waals surface area contributed by atoms with Crippen molar-refractivity contribution in [3.63, 3.8) is 0 Å². The molecule has 3 aliphatic heterocycles.